The summed E-state index contributed by atoms with van der Waals surface area (Å²) in [7, 11) is 0. The summed E-state index contributed by atoms with van der Waals surface area (Å²) in [5.74, 6) is 1.21. The Hall–Kier alpha value is -2.34. The van der Waals surface area contributed by atoms with E-state index >= 15 is 0 Å². The van der Waals surface area contributed by atoms with Crippen LogP contribution in [0, 0.1) is 13.8 Å². The highest BCUT2D eigenvalue weighted by molar-refractivity contribution is 5.73. The highest BCUT2D eigenvalue weighted by atomic mass is 16.4. The molecule has 0 radical (unpaired) electrons. The van der Waals surface area contributed by atoms with Gasteiger partial charge in [-0.2, -0.15) is 0 Å². The topological polar surface area (TPSA) is 87.4 Å². The SMILES string of the molecule is Cc1nc(CNC(=O)NCC(O)Cc2ccccc2)oc1C. The molecular formula is C16H21N3O3. The molecule has 1 atom stereocenters. The summed E-state index contributed by atoms with van der Waals surface area (Å²) in [6.45, 7) is 4.08. The lowest BCUT2D eigenvalue weighted by Gasteiger charge is -2.12. The minimum Gasteiger partial charge on any atom is -0.444 e. The molecule has 1 aromatic heterocycles. The molecule has 2 rings (SSSR count). The number of nitrogens with one attached hydrogen (secondary N) is 2. The van der Waals surface area contributed by atoms with Crippen molar-refractivity contribution in [1.29, 1.82) is 0 Å². The van der Waals surface area contributed by atoms with E-state index < -0.39 is 6.10 Å². The van der Waals surface area contributed by atoms with Crippen molar-refractivity contribution < 1.29 is 14.3 Å². The molecule has 0 spiro atoms. The number of rotatable bonds is 6. The van der Waals surface area contributed by atoms with Crippen molar-refractivity contribution in [2.45, 2.75) is 32.9 Å². The van der Waals surface area contributed by atoms with E-state index in [0.29, 0.717) is 12.3 Å². The van der Waals surface area contributed by atoms with Gasteiger partial charge in [0.1, 0.15) is 5.76 Å². The van der Waals surface area contributed by atoms with Crippen LogP contribution in [0.4, 0.5) is 4.79 Å². The minimum atomic E-state index is -0.626. The van der Waals surface area contributed by atoms with E-state index in [-0.39, 0.29) is 19.1 Å². The lowest BCUT2D eigenvalue weighted by atomic mass is 10.1. The highest BCUT2D eigenvalue weighted by Crippen LogP contribution is 2.07. The molecule has 1 heterocycles. The van der Waals surface area contributed by atoms with Crippen LogP contribution >= 0.6 is 0 Å². The third-order valence-electron chi connectivity index (χ3n) is 3.29. The molecule has 2 amide bonds. The van der Waals surface area contributed by atoms with Crippen LogP contribution in [-0.4, -0.2) is 28.8 Å². The summed E-state index contributed by atoms with van der Waals surface area (Å²) in [6, 6.07) is 9.28. The molecule has 6 nitrogen and oxygen atoms in total. The fourth-order valence-electron chi connectivity index (χ4n) is 2.00. The van der Waals surface area contributed by atoms with Gasteiger partial charge in [-0.15, -0.1) is 0 Å². The fourth-order valence-corrected chi connectivity index (χ4v) is 2.00. The van der Waals surface area contributed by atoms with Crippen LogP contribution in [0.1, 0.15) is 22.9 Å². The van der Waals surface area contributed by atoms with Crippen molar-refractivity contribution in [1.82, 2.24) is 15.6 Å². The molecule has 0 fully saturated rings. The summed E-state index contributed by atoms with van der Waals surface area (Å²) in [4.78, 5) is 15.8. The highest BCUT2D eigenvalue weighted by Gasteiger charge is 2.10. The second kappa shape index (κ2) is 7.61. The van der Waals surface area contributed by atoms with E-state index in [4.69, 9.17) is 4.42 Å². The number of carbonyl (C=O) groups is 1. The van der Waals surface area contributed by atoms with Crippen molar-refractivity contribution in [2.75, 3.05) is 6.54 Å². The monoisotopic (exact) mass is 303 g/mol. The van der Waals surface area contributed by atoms with Gasteiger partial charge in [-0.1, -0.05) is 30.3 Å². The number of benzene rings is 1. The van der Waals surface area contributed by atoms with Gasteiger partial charge >= 0.3 is 6.03 Å². The predicted octanol–water partition coefficient (Wildman–Crippen LogP) is 1.69. The molecule has 0 bridgehead atoms. The molecule has 1 aromatic carbocycles. The molecular weight excluding hydrogens is 282 g/mol. The molecule has 118 valence electrons. The number of carbonyl (C=O) groups excluding carboxylic acids is 1. The summed E-state index contributed by atoms with van der Waals surface area (Å²) >= 11 is 0. The Bertz CT molecular complexity index is 591. The molecule has 1 unspecified atom stereocenters. The van der Waals surface area contributed by atoms with E-state index in [1.807, 2.05) is 44.2 Å². The maximum absolute atomic E-state index is 11.7. The van der Waals surface area contributed by atoms with Crippen molar-refractivity contribution in [2.24, 2.45) is 0 Å². The summed E-state index contributed by atoms with van der Waals surface area (Å²) in [5, 5.41) is 15.2. The first-order chi connectivity index (χ1) is 10.5. The molecule has 0 aliphatic carbocycles. The second-order valence-corrected chi connectivity index (χ2v) is 5.16. The first-order valence-electron chi connectivity index (χ1n) is 7.21. The maximum Gasteiger partial charge on any atom is 0.315 e. The molecule has 0 saturated carbocycles. The van der Waals surface area contributed by atoms with Crippen molar-refractivity contribution >= 4 is 6.03 Å². The van der Waals surface area contributed by atoms with Gasteiger partial charge in [0.2, 0.25) is 5.89 Å². The van der Waals surface area contributed by atoms with E-state index in [1.54, 1.807) is 0 Å². The number of hydrogen-bond donors (Lipinski definition) is 3. The third-order valence-corrected chi connectivity index (χ3v) is 3.29. The number of aromatic nitrogens is 1. The Kier molecular flexibility index (Phi) is 5.55. The van der Waals surface area contributed by atoms with Crippen LogP contribution in [0.3, 0.4) is 0 Å². The fraction of sp³-hybridized carbons (Fsp3) is 0.375. The Balaban J connectivity index is 1.69. The number of aryl methyl sites for hydroxylation is 2. The van der Waals surface area contributed by atoms with Crippen LogP contribution in [0.2, 0.25) is 0 Å². The van der Waals surface area contributed by atoms with Crippen LogP contribution in [-0.2, 0) is 13.0 Å². The molecule has 22 heavy (non-hydrogen) atoms. The molecule has 0 saturated heterocycles. The Morgan fingerprint density at radius 1 is 1.27 bits per heavy atom. The Morgan fingerprint density at radius 3 is 2.64 bits per heavy atom. The standard InChI is InChI=1S/C16H21N3O3/c1-11-12(2)22-15(19-11)10-18-16(21)17-9-14(20)8-13-6-4-3-5-7-13/h3-7,14,20H,8-10H2,1-2H3,(H2,17,18,21). The summed E-state index contributed by atoms with van der Waals surface area (Å²) in [5.41, 5.74) is 1.85. The Labute approximate surface area is 129 Å². The quantitative estimate of drug-likeness (QED) is 0.758. The number of aliphatic hydroxyl groups is 1. The van der Waals surface area contributed by atoms with E-state index in [1.165, 1.54) is 0 Å². The predicted molar refractivity (Wildman–Crippen MR) is 82.4 cm³/mol. The average molecular weight is 303 g/mol. The van der Waals surface area contributed by atoms with E-state index in [9.17, 15) is 9.90 Å². The number of nitrogens with zero attached hydrogens (tertiary/aromatic N) is 1. The van der Waals surface area contributed by atoms with Gasteiger partial charge in [0.15, 0.2) is 0 Å². The zero-order valence-electron chi connectivity index (χ0n) is 12.8. The Morgan fingerprint density at radius 2 is 2.00 bits per heavy atom. The number of urea groups is 1. The molecule has 0 aliphatic rings. The van der Waals surface area contributed by atoms with Crippen molar-refractivity contribution in [3.63, 3.8) is 0 Å². The van der Waals surface area contributed by atoms with Crippen LogP contribution < -0.4 is 10.6 Å². The maximum atomic E-state index is 11.7. The summed E-state index contributed by atoms with van der Waals surface area (Å²) < 4.78 is 5.37. The molecule has 3 N–H and O–H groups in total. The second-order valence-electron chi connectivity index (χ2n) is 5.16. The number of oxazole rings is 1. The minimum absolute atomic E-state index is 0.185. The normalized spacial score (nSPS) is 12.0. The zero-order chi connectivity index (χ0) is 15.9. The van der Waals surface area contributed by atoms with Crippen LogP contribution in [0.25, 0.3) is 0 Å². The lowest BCUT2D eigenvalue weighted by Crippen LogP contribution is -2.40. The molecule has 6 heteroatoms. The lowest BCUT2D eigenvalue weighted by molar-refractivity contribution is 0.170. The molecule has 2 aromatic rings. The van der Waals surface area contributed by atoms with Crippen LogP contribution in [0.15, 0.2) is 34.7 Å². The smallest absolute Gasteiger partial charge is 0.315 e. The molecule has 0 aliphatic heterocycles. The largest absolute Gasteiger partial charge is 0.444 e. The average Bonchev–Trinajstić information content (AvgIpc) is 2.83. The number of aliphatic hydroxyl groups excluding tert-OH is 1. The van der Waals surface area contributed by atoms with E-state index in [0.717, 1.165) is 17.0 Å². The number of amides is 2. The third kappa shape index (κ3) is 4.89. The first-order valence-corrected chi connectivity index (χ1v) is 7.21. The number of hydrogen-bond acceptors (Lipinski definition) is 4. The van der Waals surface area contributed by atoms with Gasteiger partial charge in [0.25, 0.3) is 0 Å². The van der Waals surface area contributed by atoms with Crippen molar-refractivity contribution in [3.8, 4) is 0 Å². The van der Waals surface area contributed by atoms with Crippen LogP contribution in [0.5, 0.6) is 0 Å². The van der Waals surface area contributed by atoms with Gasteiger partial charge in [-0.3, -0.25) is 0 Å². The first kappa shape index (κ1) is 16.0. The van der Waals surface area contributed by atoms with Gasteiger partial charge < -0.3 is 20.2 Å². The van der Waals surface area contributed by atoms with Crippen molar-refractivity contribution in [3.05, 3.63) is 53.2 Å². The summed E-state index contributed by atoms with van der Waals surface area (Å²) in [6.07, 6.45) is -0.126. The van der Waals surface area contributed by atoms with Gasteiger partial charge in [-0.25, -0.2) is 9.78 Å². The van der Waals surface area contributed by atoms with E-state index in [2.05, 4.69) is 15.6 Å². The zero-order valence-corrected chi connectivity index (χ0v) is 12.8. The van der Waals surface area contributed by atoms with Gasteiger partial charge in [-0.05, 0) is 19.4 Å². The van der Waals surface area contributed by atoms with Gasteiger partial charge in [0, 0.05) is 13.0 Å². The van der Waals surface area contributed by atoms with Gasteiger partial charge in [0.05, 0.1) is 18.3 Å².